The molecule has 0 spiro atoms. The second-order valence-electron chi connectivity index (χ2n) is 11.1. The first-order valence-electron chi connectivity index (χ1n) is 14.6. The minimum absolute atomic E-state index is 0.123. The maximum atomic E-state index is 13.1. The topological polar surface area (TPSA) is 138 Å². The number of aromatic nitrogens is 3. The predicted octanol–water partition coefficient (Wildman–Crippen LogP) is 2.47. The Balaban J connectivity index is 1.15. The van der Waals surface area contributed by atoms with Gasteiger partial charge in [-0.15, -0.1) is 0 Å². The number of rotatable bonds is 13. The van der Waals surface area contributed by atoms with E-state index in [2.05, 4.69) is 50.4 Å². The second-order valence-corrected chi connectivity index (χ2v) is 11.1. The van der Waals surface area contributed by atoms with E-state index in [4.69, 9.17) is 13.9 Å². The van der Waals surface area contributed by atoms with Crippen LogP contribution in [0.2, 0.25) is 0 Å². The van der Waals surface area contributed by atoms with Crippen molar-refractivity contribution in [1.29, 1.82) is 0 Å². The predicted molar refractivity (Wildman–Crippen MR) is 158 cm³/mol. The summed E-state index contributed by atoms with van der Waals surface area (Å²) in [5.74, 6) is 2.30. The first-order valence-corrected chi connectivity index (χ1v) is 14.6. The number of β-amino-alcohol motifs (C(OH)–C–C–N with tert-alkyl or cyclic N) is 1. The van der Waals surface area contributed by atoms with Gasteiger partial charge in [-0.2, -0.15) is 4.98 Å². The van der Waals surface area contributed by atoms with E-state index in [9.17, 15) is 9.90 Å². The molecule has 226 valence electrons. The first kappa shape index (κ1) is 29.7. The Kier molecular flexibility index (Phi) is 9.55. The number of oxazole rings is 1. The standard InChI is InChI=1S/C30H41N7O5/c1-5-9-36(4)30-34-25(11-28(35-30)33-22-15-40-16-22)29(39)31-12-23(38)14-37-10-8-24-19(2)26(7-6-21(24)13-37)41-17-27-20(3)32-18-42-27/h6-7,11,18,22-23,38H,5,8-10,12-17H2,1-4H3,(H,31,39)(H,33,34,35). The quantitative estimate of drug-likeness (QED) is 0.275. The van der Waals surface area contributed by atoms with Crippen LogP contribution < -0.4 is 20.3 Å². The Morgan fingerprint density at radius 3 is 2.83 bits per heavy atom. The smallest absolute Gasteiger partial charge is 0.270 e. The number of carbonyl (C=O) groups excluding carboxylic acids is 1. The Bertz CT molecular complexity index is 1380. The molecule has 42 heavy (non-hydrogen) atoms. The minimum Gasteiger partial charge on any atom is -0.485 e. The number of ether oxygens (including phenoxy) is 2. The van der Waals surface area contributed by atoms with Crippen LogP contribution in [0.5, 0.6) is 5.75 Å². The Morgan fingerprint density at radius 2 is 2.12 bits per heavy atom. The fraction of sp³-hybridized carbons (Fsp3) is 0.533. The van der Waals surface area contributed by atoms with Gasteiger partial charge in [0.2, 0.25) is 5.95 Å². The van der Waals surface area contributed by atoms with E-state index in [0.29, 0.717) is 38.1 Å². The van der Waals surface area contributed by atoms with Gasteiger partial charge < -0.3 is 34.5 Å². The number of nitrogens with one attached hydrogen (secondary N) is 2. The van der Waals surface area contributed by atoms with E-state index in [-0.39, 0.29) is 24.2 Å². The number of fused-ring (bicyclic) bond motifs is 1. The first-order chi connectivity index (χ1) is 20.3. The molecular formula is C30H41N7O5. The number of aryl methyl sites for hydroxylation is 1. The van der Waals surface area contributed by atoms with Gasteiger partial charge in [-0.05, 0) is 49.4 Å². The SMILES string of the molecule is CCCN(C)c1nc(NC2COC2)cc(C(=O)NCC(O)CN2CCc3c(ccc(OCc4ocnc4C)c3C)C2)n1. The molecule has 1 unspecified atom stereocenters. The number of benzene rings is 1. The van der Waals surface area contributed by atoms with Crippen molar-refractivity contribution in [2.75, 3.05) is 56.7 Å². The largest absolute Gasteiger partial charge is 0.485 e. The number of carbonyl (C=O) groups is 1. The Labute approximate surface area is 246 Å². The highest BCUT2D eigenvalue weighted by atomic mass is 16.5. The fourth-order valence-electron chi connectivity index (χ4n) is 5.22. The van der Waals surface area contributed by atoms with Crippen LogP contribution in [0, 0.1) is 13.8 Å². The molecule has 2 aromatic heterocycles. The summed E-state index contributed by atoms with van der Waals surface area (Å²) in [6.07, 6.45) is 2.50. The molecule has 1 amide bonds. The van der Waals surface area contributed by atoms with Crippen LogP contribution in [0.3, 0.4) is 0 Å². The van der Waals surface area contributed by atoms with E-state index < -0.39 is 6.10 Å². The molecule has 2 aliphatic heterocycles. The molecule has 1 saturated heterocycles. The van der Waals surface area contributed by atoms with Crippen LogP contribution in [0.15, 0.2) is 29.0 Å². The summed E-state index contributed by atoms with van der Waals surface area (Å²) in [4.78, 5) is 30.4. The van der Waals surface area contributed by atoms with E-state index in [1.165, 1.54) is 17.5 Å². The number of amides is 1. The average Bonchev–Trinajstić information content (AvgIpc) is 3.37. The van der Waals surface area contributed by atoms with Crippen molar-refractivity contribution in [3.05, 3.63) is 58.4 Å². The van der Waals surface area contributed by atoms with Crippen LogP contribution in [0.1, 0.15) is 52.0 Å². The summed E-state index contributed by atoms with van der Waals surface area (Å²) in [5, 5.41) is 17.0. The van der Waals surface area contributed by atoms with Crippen molar-refractivity contribution in [3.8, 4) is 5.75 Å². The van der Waals surface area contributed by atoms with Crippen LogP contribution in [-0.2, 0) is 24.3 Å². The highest BCUT2D eigenvalue weighted by Crippen LogP contribution is 2.30. The Morgan fingerprint density at radius 1 is 1.29 bits per heavy atom. The molecule has 1 fully saturated rings. The Hall–Kier alpha value is -3.74. The molecule has 1 aromatic carbocycles. The van der Waals surface area contributed by atoms with Crippen molar-refractivity contribution < 1.29 is 23.8 Å². The van der Waals surface area contributed by atoms with Gasteiger partial charge in [-0.1, -0.05) is 13.0 Å². The number of anilines is 2. The zero-order valence-corrected chi connectivity index (χ0v) is 24.9. The van der Waals surface area contributed by atoms with E-state index in [0.717, 1.165) is 55.2 Å². The van der Waals surface area contributed by atoms with E-state index in [1.54, 1.807) is 6.07 Å². The normalized spacial score (nSPS) is 15.9. The van der Waals surface area contributed by atoms with E-state index in [1.807, 2.05) is 24.9 Å². The lowest BCUT2D eigenvalue weighted by atomic mass is 9.94. The lowest BCUT2D eigenvalue weighted by molar-refractivity contribution is 0.0209. The van der Waals surface area contributed by atoms with Gasteiger partial charge in [0.25, 0.3) is 5.91 Å². The number of aliphatic hydroxyl groups is 1. The molecule has 5 rings (SSSR count). The van der Waals surface area contributed by atoms with Crippen molar-refractivity contribution in [1.82, 2.24) is 25.2 Å². The molecule has 1 atom stereocenters. The third-order valence-corrected chi connectivity index (χ3v) is 7.73. The minimum atomic E-state index is -0.724. The van der Waals surface area contributed by atoms with E-state index >= 15 is 0 Å². The number of nitrogens with zero attached hydrogens (tertiary/aromatic N) is 5. The van der Waals surface area contributed by atoms with Gasteiger partial charge in [0.1, 0.15) is 23.9 Å². The molecule has 4 heterocycles. The van der Waals surface area contributed by atoms with Crippen molar-refractivity contribution in [2.24, 2.45) is 0 Å². The third kappa shape index (κ3) is 7.18. The van der Waals surface area contributed by atoms with Crippen LogP contribution in [-0.4, -0.2) is 89.5 Å². The van der Waals surface area contributed by atoms with Crippen LogP contribution in [0.25, 0.3) is 0 Å². The van der Waals surface area contributed by atoms with Gasteiger partial charge >= 0.3 is 0 Å². The molecule has 3 N–H and O–H groups in total. The lowest BCUT2D eigenvalue weighted by Crippen LogP contribution is -2.42. The maximum Gasteiger partial charge on any atom is 0.270 e. The number of aliphatic hydroxyl groups excluding tert-OH is 1. The van der Waals surface area contributed by atoms with Gasteiger partial charge in [0, 0.05) is 45.8 Å². The van der Waals surface area contributed by atoms with Crippen LogP contribution >= 0.6 is 0 Å². The third-order valence-electron chi connectivity index (χ3n) is 7.73. The van der Waals surface area contributed by atoms with Gasteiger partial charge in [-0.25, -0.2) is 9.97 Å². The lowest BCUT2D eigenvalue weighted by Gasteiger charge is -2.31. The highest BCUT2D eigenvalue weighted by molar-refractivity contribution is 5.93. The fourth-order valence-corrected chi connectivity index (χ4v) is 5.22. The van der Waals surface area contributed by atoms with Gasteiger partial charge in [0.05, 0.1) is 31.1 Å². The summed E-state index contributed by atoms with van der Waals surface area (Å²) in [6, 6.07) is 5.91. The number of hydrogen-bond donors (Lipinski definition) is 3. The highest BCUT2D eigenvalue weighted by Gasteiger charge is 2.24. The molecule has 0 radical (unpaired) electrons. The summed E-state index contributed by atoms with van der Waals surface area (Å²) >= 11 is 0. The zero-order chi connectivity index (χ0) is 29.6. The summed E-state index contributed by atoms with van der Waals surface area (Å²) in [7, 11) is 1.91. The summed E-state index contributed by atoms with van der Waals surface area (Å²) in [6.45, 7) is 10.5. The molecule has 3 aromatic rings. The maximum absolute atomic E-state index is 13.1. The van der Waals surface area contributed by atoms with Crippen molar-refractivity contribution in [2.45, 2.75) is 58.9 Å². The molecule has 12 heteroatoms. The van der Waals surface area contributed by atoms with Crippen molar-refractivity contribution in [3.63, 3.8) is 0 Å². The van der Waals surface area contributed by atoms with Crippen LogP contribution in [0.4, 0.5) is 11.8 Å². The monoisotopic (exact) mass is 579 g/mol. The zero-order valence-electron chi connectivity index (χ0n) is 24.9. The van der Waals surface area contributed by atoms with Gasteiger partial charge in [0.15, 0.2) is 12.2 Å². The summed E-state index contributed by atoms with van der Waals surface area (Å²) in [5.41, 5.74) is 4.73. The van der Waals surface area contributed by atoms with Crippen molar-refractivity contribution >= 4 is 17.7 Å². The second kappa shape index (κ2) is 13.5. The van der Waals surface area contributed by atoms with Gasteiger partial charge in [-0.3, -0.25) is 9.69 Å². The number of hydrogen-bond acceptors (Lipinski definition) is 11. The molecular weight excluding hydrogens is 538 g/mol. The molecule has 0 aliphatic carbocycles. The average molecular weight is 580 g/mol. The molecule has 0 saturated carbocycles. The molecule has 12 nitrogen and oxygen atoms in total. The molecule has 2 aliphatic rings. The molecule has 0 bridgehead atoms. The summed E-state index contributed by atoms with van der Waals surface area (Å²) < 4.78 is 16.7.